The van der Waals surface area contributed by atoms with E-state index >= 15 is 0 Å². The molecule has 0 aliphatic carbocycles. The molecular weight excluding hydrogens is 741 g/mol. The van der Waals surface area contributed by atoms with Crippen LogP contribution < -0.4 is 0 Å². The zero-order valence-electron chi connectivity index (χ0n) is 38.4. The van der Waals surface area contributed by atoms with Crippen LogP contribution in [-0.4, -0.2) is 37.9 Å². The van der Waals surface area contributed by atoms with E-state index in [1.54, 1.807) is 0 Å². The van der Waals surface area contributed by atoms with Crippen LogP contribution in [0, 0.1) is 0 Å². The van der Waals surface area contributed by atoms with Gasteiger partial charge in [-0.25, -0.2) is 0 Å². The van der Waals surface area contributed by atoms with Gasteiger partial charge in [0.05, 0.1) is 6.61 Å². The van der Waals surface area contributed by atoms with E-state index in [0.29, 0.717) is 25.9 Å². The molecule has 0 aromatic rings. The molecule has 0 aliphatic heterocycles. The highest BCUT2D eigenvalue weighted by Gasteiger charge is 2.17. The van der Waals surface area contributed by atoms with Crippen LogP contribution in [0.3, 0.4) is 0 Å². The lowest BCUT2D eigenvalue weighted by Gasteiger charge is -2.18. The van der Waals surface area contributed by atoms with Gasteiger partial charge in [-0.15, -0.1) is 0 Å². The third-order valence-corrected chi connectivity index (χ3v) is 9.20. The Bertz CT molecular complexity index is 1300. The van der Waals surface area contributed by atoms with Crippen LogP contribution >= 0.6 is 0 Å². The maximum absolute atomic E-state index is 12.7. The van der Waals surface area contributed by atoms with E-state index in [-0.39, 0.29) is 31.6 Å². The summed E-state index contributed by atoms with van der Waals surface area (Å²) >= 11 is 0. The number of ether oxygens (including phenoxy) is 3. The van der Waals surface area contributed by atoms with Gasteiger partial charge in [-0.1, -0.05) is 199 Å². The molecule has 0 bridgehead atoms. The quantitative estimate of drug-likeness (QED) is 0.0349. The highest BCUT2D eigenvalue weighted by atomic mass is 16.6. The number of esters is 2. The Morgan fingerprint density at radius 1 is 0.383 bits per heavy atom. The Labute approximate surface area is 369 Å². The lowest BCUT2D eigenvalue weighted by atomic mass is 10.1. The Hall–Kier alpha value is -3.96. The maximum atomic E-state index is 12.7. The molecule has 5 nitrogen and oxygen atoms in total. The van der Waals surface area contributed by atoms with Gasteiger partial charge < -0.3 is 14.2 Å². The number of rotatable bonds is 41. The van der Waals surface area contributed by atoms with E-state index in [0.717, 1.165) is 89.9 Å². The number of carbonyl (C=O) groups excluding carboxylic acids is 2. The van der Waals surface area contributed by atoms with Gasteiger partial charge in [-0.05, 0) is 96.3 Å². The molecule has 0 fully saturated rings. The summed E-state index contributed by atoms with van der Waals surface area (Å²) in [6.07, 6.45) is 70.5. The minimum atomic E-state index is -0.602. The SMILES string of the molecule is CC/C=C\C/C=C\C/C=C\C/C=C\C/C=C\C/C=C\CCC(=O)OCC(COCCCCCCCCCC)OC(=O)CCC/C=C\C/C=C\C/C=C\C/C=C\C/C=C\CC. The highest BCUT2D eigenvalue weighted by Crippen LogP contribution is 2.10. The third kappa shape index (κ3) is 46.7. The molecule has 0 aromatic carbocycles. The zero-order valence-corrected chi connectivity index (χ0v) is 38.4. The summed E-state index contributed by atoms with van der Waals surface area (Å²) in [5.74, 6) is -0.575. The van der Waals surface area contributed by atoms with Crippen molar-refractivity contribution in [2.24, 2.45) is 0 Å². The van der Waals surface area contributed by atoms with Crippen molar-refractivity contribution < 1.29 is 23.8 Å². The molecule has 0 radical (unpaired) electrons. The van der Waals surface area contributed by atoms with Crippen molar-refractivity contribution in [1.82, 2.24) is 0 Å². The summed E-state index contributed by atoms with van der Waals surface area (Å²) in [6.45, 7) is 7.41. The van der Waals surface area contributed by atoms with E-state index in [1.807, 2.05) is 6.08 Å². The van der Waals surface area contributed by atoms with Gasteiger partial charge >= 0.3 is 11.9 Å². The van der Waals surface area contributed by atoms with Crippen LogP contribution in [0.1, 0.15) is 175 Å². The first-order chi connectivity index (χ1) is 29.6. The van der Waals surface area contributed by atoms with Crippen LogP contribution in [0.2, 0.25) is 0 Å². The average Bonchev–Trinajstić information content (AvgIpc) is 3.25. The molecule has 60 heavy (non-hydrogen) atoms. The number of unbranched alkanes of at least 4 members (excludes halogenated alkanes) is 8. The molecule has 0 amide bonds. The van der Waals surface area contributed by atoms with Crippen molar-refractivity contribution in [2.75, 3.05) is 19.8 Å². The molecule has 0 spiro atoms. The minimum Gasteiger partial charge on any atom is -0.462 e. The van der Waals surface area contributed by atoms with E-state index in [1.165, 1.54) is 38.5 Å². The number of allylic oxidation sites excluding steroid dienone is 22. The van der Waals surface area contributed by atoms with E-state index in [4.69, 9.17) is 14.2 Å². The fourth-order valence-electron chi connectivity index (χ4n) is 5.75. The van der Waals surface area contributed by atoms with Crippen molar-refractivity contribution in [1.29, 1.82) is 0 Å². The predicted octanol–water partition coefficient (Wildman–Crippen LogP) is 16.0. The largest absolute Gasteiger partial charge is 0.462 e. The molecular formula is C55H86O5. The van der Waals surface area contributed by atoms with Crippen molar-refractivity contribution >= 4 is 11.9 Å². The highest BCUT2D eigenvalue weighted by molar-refractivity contribution is 5.70. The summed E-state index contributed by atoms with van der Waals surface area (Å²) in [7, 11) is 0. The standard InChI is InChI=1S/C55H86O5/c1-4-7-10-13-16-19-21-23-25-27-28-30-31-33-35-37-39-42-45-48-54(56)59-52-53(51-58-50-47-44-41-18-15-12-9-6-3)60-55(57)49-46-43-40-38-36-34-32-29-26-24-22-20-17-14-11-8-5-2/h7-8,10-11,16-17,19-20,23-26,28,30,32-35,38-40,42,53H,4-6,9,12-15,18,21-22,27,29,31,36-37,41,43-52H2,1-3H3/b10-7-,11-8-,19-16-,20-17-,25-23-,26-24-,30-28-,34-32-,35-33-,40-38-,42-39-. The molecule has 0 N–H and O–H groups in total. The first-order valence-corrected chi connectivity index (χ1v) is 23.7. The van der Waals surface area contributed by atoms with Gasteiger partial charge in [-0.2, -0.15) is 0 Å². The molecule has 0 saturated heterocycles. The molecule has 1 unspecified atom stereocenters. The Kier molecular flexibility index (Phi) is 46.1. The van der Waals surface area contributed by atoms with E-state index in [9.17, 15) is 9.59 Å². The van der Waals surface area contributed by atoms with Gasteiger partial charge in [0.15, 0.2) is 6.10 Å². The molecule has 0 heterocycles. The fraction of sp³-hybridized carbons (Fsp3) is 0.564. The number of hydrogen-bond donors (Lipinski definition) is 0. The topological polar surface area (TPSA) is 61.8 Å². The summed E-state index contributed by atoms with van der Waals surface area (Å²) in [5.41, 5.74) is 0. The Balaban J connectivity index is 4.44. The summed E-state index contributed by atoms with van der Waals surface area (Å²) < 4.78 is 17.2. The summed E-state index contributed by atoms with van der Waals surface area (Å²) in [6, 6.07) is 0. The Morgan fingerprint density at radius 2 is 0.767 bits per heavy atom. The fourth-order valence-corrected chi connectivity index (χ4v) is 5.75. The van der Waals surface area contributed by atoms with Crippen molar-refractivity contribution in [2.45, 2.75) is 181 Å². The lowest BCUT2D eigenvalue weighted by Crippen LogP contribution is -2.30. The van der Waals surface area contributed by atoms with E-state index in [2.05, 4.69) is 148 Å². The minimum absolute atomic E-state index is 0.0144. The van der Waals surface area contributed by atoms with Gasteiger partial charge in [0.1, 0.15) is 6.61 Å². The van der Waals surface area contributed by atoms with Crippen LogP contribution in [0.15, 0.2) is 134 Å². The van der Waals surface area contributed by atoms with Crippen molar-refractivity contribution in [3.63, 3.8) is 0 Å². The van der Waals surface area contributed by atoms with Gasteiger partial charge in [0, 0.05) is 19.4 Å². The van der Waals surface area contributed by atoms with E-state index < -0.39 is 6.10 Å². The monoisotopic (exact) mass is 827 g/mol. The first-order valence-electron chi connectivity index (χ1n) is 23.7. The first kappa shape index (κ1) is 56.0. The van der Waals surface area contributed by atoms with Crippen LogP contribution in [-0.2, 0) is 23.8 Å². The summed E-state index contributed by atoms with van der Waals surface area (Å²) in [4.78, 5) is 25.2. The van der Waals surface area contributed by atoms with Crippen LogP contribution in [0.4, 0.5) is 0 Å². The second-order valence-electron chi connectivity index (χ2n) is 14.9. The maximum Gasteiger partial charge on any atom is 0.306 e. The van der Waals surface area contributed by atoms with Gasteiger partial charge in [0.2, 0.25) is 0 Å². The van der Waals surface area contributed by atoms with Crippen LogP contribution in [0.5, 0.6) is 0 Å². The van der Waals surface area contributed by atoms with Crippen molar-refractivity contribution in [3.8, 4) is 0 Å². The Morgan fingerprint density at radius 3 is 1.20 bits per heavy atom. The molecule has 0 rings (SSSR count). The number of hydrogen-bond acceptors (Lipinski definition) is 5. The normalized spacial score (nSPS) is 13.4. The average molecular weight is 827 g/mol. The second-order valence-corrected chi connectivity index (χ2v) is 14.9. The summed E-state index contributed by atoms with van der Waals surface area (Å²) in [5, 5.41) is 0. The molecule has 0 saturated carbocycles. The van der Waals surface area contributed by atoms with Crippen molar-refractivity contribution in [3.05, 3.63) is 134 Å². The predicted molar refractivity (Wildman–Crippen MR) is 260 cm³/mol. The van der Waals surface area contributed by atoms with Crippen LogP contribution in [0.25, 0.3) is 0 Å². The smallest absolute Gasteiger partial charge is 0.306 e. The molecule has 0 aromatic heterocycles. The third-order valence-electron chi connectivity index (χ3n) is 9.20. The lowest BCUT2D eigenvalue weighted by molar-refractivity contribution is -0.162. The zero-order chi connectivity index (χ0) is 43.5. The molecule has 1 atom stereocenters. The molecule has 336 valence electrons. The second kappa shape index (κ2) is 49.4. The molecule has 0 aliphatic rings. The van der Waals surface area contributed by atoms with Gasteiger partial charge in [-0.3, -0.25) is 9.59 Å². The number of carbonyl (C=O) groups is 2. The van der Waals surface area contributed by atoms with Gasteiger partial charge in [0.25, 0.3) is 0 Å². The molecule has 5 heteroatoms.